The summed E-state index contributed by atoms with van der Waals surface area (Å²) in [5.74, 6) is -0.797. The van der Waals surface area contributed by atoms with Gasteiger partial charge in [-0.1, -0.05) is 12.1 Å². The van der Waals surface area contributed by atoms with Crippen LogP contribution in [0.3, 0.4) is 0 Å². The third-order valence-electron chi connectivity index (χ3n) is 4.81. The Bertz CT molecular complexity index is 839. The van der Waals surface area contributed by atoms with Crippen LogP contribution in [0.1, 0.15) is 41.7 Å². The second-order valence-electron chi connectivity index (χ2n) is 6.82. The minimum atomic E-state index is -0.886. The van der Waals surface area contributed by atoms with Crippen molar-refractivity contribution in [1.29, 1.82) is 0 Å². The lowest BCUT2D eigenvalue weighted by Crippen LogP contribution is -2.12. The Labute approximate surface area is 150 Å². The lowest BCUT2D eigenvalue weighted by atomic mass is 9.90. The molecular formula is C19H20N2O3S. The number of aromatic nitrogens is 1. The summed E-state index contributed by atoms with van der Waals surface area (Å²) in [5, 5.41) is 12.6. The predicted molar refractivity (Wildman–Crippen MR) is 96.9 cm³/mol. The maximum Gasteiger partial charge on any atom is 0.308 e. The molecule has 1 saturated carbocycles. The first kappa shape index (κ1) is 16.3. The summed E-state index contributed by atoms with van der Waals surface area (Å²) in [6.45, 7) is 0. The van der Waals surface area contributed by atoms with E-state index in [4.69, 9.17) is 0 Å². The van der Waals surface area contributed by atoms with Crippen LogP contribution < -0.4 is 5.32 Å². The van der Waals surface area contributed by atoms with Gasteiger partial charge in [0.05, 0.1) is 12.1 Å². The average molecular weight is 356 g/mol. The molecule has 0 aliphatic heterocycles. The Balaban J connectivity index is 1.67. The van der Waals surface area contributed by atoms with E-state index in [1.165, 1.54) is 35.3 Å². The zero-order chi connectivity index (χ0) is 17.4. The summed E-state index contributed by atoms with van der Waals surface area (Å²) in [4.78, 5) is 28.5. The van der Waals surface area contributed by atoms with Crippen molar-refractivity contribution in [3.05, 3.63) is 34.2 Å². The lowest BCUT2D eigenvalue weighted by Gasteiger charge is -2.16. The first-order valence-electron chi connectivity index (χ1n) is 8.74. The third kappa shape index (κ3) is 3.58. The maximum absolute atomic E-state index is 12.0. The van der Waals surface area contributed by atoms with Gasteiger partial charge in [0.1, 0.15) is 0 Å². The van der Waals surface area contributed by atoms with E-state index >= 15 is 0 Å². The minimum absolute atomic E-state index is 0.00684. The van der Waals surface area contributed by atoms with Gasteiger partial charge >= 0.3 is 5.97 Å². The fourth-order valence-corrected chi connectivity index (χ4v) is 4.30. The number of aliphatic carboxylic acids is 1. The first-order chi connectivity index (χ1) is 12.1. The molecule has 0 unspecified atom stereocenters. The van der Waals surface area contributed by atoms with Gasteiger partial charge in [-0.2, -0.15) is 0 Å². The molecule has 2 aromatic rings. The van der Waals surface area contributed by atoms with Gasteiger partial charge in [-0.05, 0) is 55.7 Å². The molecule has 1 heterocycles. The summed E-state index contributed by atoms with van der Waals surface area (Å²) in [7, 11) is 0. The van der Waals surface area contributed by atoms with Crippen molar-refractivity contribution in [1.82, 2.24) is 4.98 Å². The smallest absolute Gasteiger partial charge is 0.308 e. The number of hydrogen-bond acceptors (Lipinski definition) is 4. The SMILES string of the molecule is O=C(O)Cc1sc(NC(=O)C2CC2)nc1-c1ccc2c(c1)CCCC2. The zero-order valence-electron chi connectivity index (χ0n) is 13.9. The number of anilines is 1. The van der Waals surface area contributed by atoms with Crippen molar-refractivity contribution in [3.8, 4) is 11.3 Å². The number of thiazole rings is 1. The molecule has 1 amide bonds. The van der Waals surface area contributed by atoms with Gasteiger partial charge in [0, 0.05) is 16.4 Å². The topological polar surface area (TPSA) is 79.3 Å². The van der Waals surface area contributed by atoms with E-state index < -0.39 is 5.97 Å². The molecule has 1 fully saturated rings. The summed E-state index contributed by atoms with van der Waals surface area (Å²) in [6, 6.07) is 6.30. The Hall–Kier alpha value is -2.21. The highest BCUT2D eigenvalue weighted by atomic mass is 32.1. The van der Waals surface area contributed by atoms with Crippen molar-refractivity contribution in [2.24, 2.45) is 5.92 Å². The number of amides is 1. The Kier molecular flexibility index (Phi) is 4.29. The molecule has 2 aliphatic rings. The van der Waals surface area contributed by atoms with Crippen LogP contribution in [-0.4, -0.2) is 22.0 Å². The number of carboxylic acid groups (broad SMARTS) is 1. The van der Waals surface area contributed by atoms with Crippen molar-refractivity contribution in [2.45, 2.75) is 44.9 Å². The quantitative estimate of drug-likeness (QED) is 0.857. The van der Waals surface area contributed by atoms with E-state index in [9.17, 15) is 14.7 Å². The number of nitrogens with zero attached hydrogens (tertiary/aromatic N) is 1. The van der Waals surface area contributed by atoms with E-state index in [2.05, 4.69) is 22.4 Å². The standard InChI is InChI=1S/C19H20N2O3S/c22-16(23)10-15-17(20-19(25-15)21-18(24)12-6-7-12)14-8-5-11-3-1-2-4-13(11)9-14/h5,8-9,12H,1-4,6-7,10H2,(H,22,23)(H,20,21,24). The van der Waals surface area contributed by atoms with Crippen LogP contribution >= 0.6 is 11.3 Å². The van der Waals surface area contributed by atoms with E-state index in [1.807, 2.05) is 6.07 Å². The molecule has 0 spiro atoms. The van der Waals surface area contributed by atoms with Crippen LogP contribution in [0.4, 0.5) is 5.13 Å². The molecule has 4 rings (SSSR count). The third-order valence-corrected chi connectivity index (χ3v) is 5.78. The zero-order valence-corrected chi connectivity index (χ0v) is 14.7. The highest BCUT2D eigenvalue weighted by Gasteiger charge is 2.30. The van der Waals surface area contributed by atoms with E-state index in [-0.39, 0.29) is 18.2 Å². The normalized spacial score (nSPS) is 16.3. The Morgan fingerprint density at radius 1 is 1.20 bits per heavy atom. The molecule has 6 heteroatoms. The first-order valence-corrected chi connectivity index (χ1v) is 9.56. The number of hydrogen-bond donors (Lipinski definition) is 2. The summed E-state index contributed by atoms with van der Waals surface area (Å²) < 4.78 is 0. The monoisotopic (exact) mass is 356 g/mol. The van der Waals surface area contributed by atoms with Gasteiger partial charge in [-0.25, -0.2) is 4.98 Å². The van der Waals surface area contributed by atoms with Gasteiger partial charge in [0.2, 0.25) is 5.91 Å². The Morgan fingerprint density at radius 3 is 2.68 bits per heavy atom. The lowest BCUT2D eigenvalue weighted by molar-refractivity contribution is -0.136. The summed E-state index contributed by atoms with van der Waals surface area (Å²) in [6.07, 6.45) is 6.37. The molecule has 2 aliphatic carbocycles. The molecule has 25 heavy (non-hydrogen) atoms. The van der Waals surface area contributed by atoms with Gasteiger partial charge in [0.15, 0.2) is 5.13 Å². The van der Waals surface area contributed by atoms with Gasteiger partial charge in [-0.3, -0.25) is 9.59 Å². The van der Waals surface area contributed by atoms with E-state index in [0.29, 0.717) is 15.7 Å². The highest BCUT2D eigenvalue weighted by molar-refractivity contribution is 7.16. The van der Waals surface area contributed by atoms with Gasteiger partial charge < -0.3 is 10.4 Å². The molecule has 0 atom stereocenters. The number of carboxylic acids is 1. The number of aryl methyl sites for hydroxylation is 2. The van der Waals surface area contributed by atoms with Crippen molar-refractivity contribution >= 4 is 28.3 Å². The molecule has 0 bridgehead atoms. The summed E-state index contributed by atoms with van der Waals surface area (Å²) in [5.41, 5.74) is 4.35. The predicted octanol–water partition coefficient (Wildman–Crippen LogP) is 3.66. The molecule has 2 N–H and O–H groups in total. The number of carbonyl (C=O) groups is 2. The Morgan fingerprint density at radius 2 is 1.96 bits per heavy atom. The molecule has 5 nitrogen and oxygen atoms in total. The summed E-state index contributed by atoms with van der Waals surface area (Å²) >= 11 is 1.27. The van der Waals surface area contributed by atoms with Crippen molar-refractivity contribution < 1.29 is 14.7 Å². The second-order valence-corrected chi connectivity index (χ2v) is 7.90. The van der Waals surface area contributed by atoms with Crippen molar-refractivity contribution in [2.75, 3.05) is 5.32 Å². The van der Waals surface area contributed by atoms with E-state index in [0.717, 1.165) is 31.2 Å². The molecule has 1 aromatic carbocycles. The fraction of sp³-hybridized carbons (Fsp3) is 0.421. The maximum atomic E-state index is 12.0. The molecule has 0 radical (unpaired) electrons. The largest absolute Gasteiger partial charge is 0.481 e. The number of fused-ring (bicyclic) bond motifs is 1. The number of carbonyl (C=O) groups excluding carboxylic acids is 1. The van der Waals surface area contributed by atoms with Crippen molar-refractivity contribution in [3.63, 3.8) is 0 Å². The van der Waals surface area contributed by atoms with Gasteiger partial charge in [0.25, 0.3) is 0 Å². The van der Waals surface area contributed by atoms with E-state index in [1.54, 1.807) is 0 Å². The van der Waals surface area contributed by atoms with Gasteiger partial charge in [-0.15, -0.1) is 11.3 Å². The van der Waals surface area contributed by atoms with Crippen LogP contribution in [0.5, 0.6) is 0 Å². The molecule has 130 valence electrons. The number of rotatable bonds is 5. The number of benzene rings is 1. The van der Waals surface area contributed by atoms with Crippen LogP contribution in [0, 0.1) is 5.92 Å². The van der Waals surface area contributed by atoms with Crippen LogP contribution in [0.15, 0.2) is 18.2 Å². The molecular weight excluding hydrogens is 336 g/mol. The average Bonchev–Trinajstić information content (AvgIpc) is 3.37. The molecule has 0 saturated heterocycles. The van der Waals surface area contributed by atoms with Crippen LogP contribution in [0.25, 0.3) is 11.3 Å². The minimum Gasteiger partial charge on any atom is -0.481 e. The van der Waals surface area contributed by atoms with Crippen LogP contribution in [-0.2, 0) is 28.9 Å². The fourth-order valence-electron chi connectivity index (χ4n) is 3.32. The highest BCUT2D eigenvalue weighted by Crippen LogP contribution is 2.36. The molecule has 1 aromatic heterocycles. The second kappa shape index (κ2) is 6.59. The van der Waals surface area contributed by atoms with Crippen LogP contribution in [0.2, 0.25) is 0 Å². The number of nitrogens with one attached hydrogen (secondary N) is 1.